The van der Waals surface area contributed by atoms with Gasteiger partial charge in [0.05, 0.1) is 12.6 Å². The van der Waals surface area contributed by atoms with Gasteiger partial charge in [-0.1, -0.05) is 12.8 Å². The molecule has 2 N–H and O–H groups in total. The number of aliphatic hydroxyl groups excluding tert-OH is 1. The second kappa shape index (κ2) is 8.71. The lowest BCUT2D eigenvalue weighted by Crippen LogP contribution is -2.41. The first-order chi connectivity index (χ1) is 10.1. The number of piperidine rings is 1. The Hall–Kier alpha value is -0.650. The molecule has 2 fully saturated rings. The highest BCUT2D eigenvalue weighted by Gasteiger charge is 2.21. The van der Waals surface area contributed by atoms with Crippen molar-refractivity contribution < 1.29 is 9.90 Å². The number of hydrogen-bond donors (Lipinski definition) is 2. The van der Waals surface area contributed by atoms with Gasteiger partial charge in [-0.15, -0.1) is 0 Å². The molecule has 21 heavy (non-hydrogen) atoms. The highest BCUT2D eigenvalue weighted by Crippen LogP contribution is 2.21. The van der Waals surface area contributed by atoms with Crippen molar-refractivity contribution in [2.24, 2.45) is 0 Å². The molecule has 0 aromatic carbocycles. The molecule has 1 saturated heterocycles. The van der Waals surface area contributed by atoms with Crippen LogP contribution in [0.1, 0.15) is 44.9 Å². The minimum absolute atomic E-state index is 0.142. The predicted octanol–water partition coefficient (Wildman–Crippen LogP) is 0.824. The van der Waals surface area contributed by atoms with Crippen LogP contribution in [-0.4, -0.2) is 72.7 Å². The van der Waals surface area contributed by atoms with Gasteiger partial charge in [0.1, 0.15) is 0 Å². The molecule has 0 bridgehead atoms. The second-order valence-electron chi connectivity index (χ2n) is 6.65. The molecule has 2 aliphatic rings. The van der Waals surface area contributed by atoms with Gasteiger partial charge in [0.15, 0.2) is 0 Å². The van der Waals surface area contributed by atoms with Gasteiger partial charge in [-0.2, -0.15) is 0 Å². The lowest BCUT2D eigenvalue weighted by Gasteiger charge is -2.29. The third-order valence-electron chi connectivity index (χ3n) is 4.79. The summed E-state index contributed by atoms with van der Waals surface area (Å²) in [5, 5.41) is 12.6. The summed E-state index contributed by atoms with van der Waals surface area (Å²) in [5.41, 5.74) is 0. The number of amides is 1. The lowest BCUT2D eigenvalue weighted by molar-refractivity contribution is -0.122. The molecule has 0 aromatic heterocycles. The Balaban J connectivity index is 1.52. The number of aliphatic hydroxyl groups is 1. The molecule has 0 spiro atoms. The zero-order chi connectivity index (χ0) is 15.1. The summed E-state index contributed by atoms with van der Waals surface area (Å²) in [4.78, 5) is 16.4. The molecular weight excluding hydrogens is 266 g/mol. The first-order valence-corrected chi connectivity index (χ1v) is 8.52. The number of β-amino-alcohol motifs (C(OH)–C–C–N with tert-alkyl or cyclic N) is 1. The number of likely N-dealkylation sites (tertiary alicyclic amines) is 1. The lowest BCUT2D eigenvalue weighted by atomic mass is 10.1. The SMILES string of the molecule is CN(CC(=O)NCCCN1CCC[C@H](O)C1)C1CCCC1. The number of nitrogens with zero attached hydrogens (tertiary/aromatic N) is 2. The van der Waals surface area contributed by atoms with Crippen molar-refractivity contribution in [1.29, 1.82) is 0 Å². The van der Waals surface area contributed by atoms with E-state index < -0.39 is 0 Å². The Morgan fingerprint density at radius 1 is 1.29 bits per heavy atom. The Labute approximate surface area is 128 Å². The van der Waals surface area contributed by atoms with Gasteiger partial charge in [-0.3, -0.25) is 9.69 Å². The number of carbonyl (C=O) groups excluding carboxylic acids is 1. The highest BCUT2D eigenvalue weighted by atomic mass is 16.3. The van der Waals surface area contributed by atoms with E-state index in [1.165, 1.54) is 25.7 Å². The quantitative estimate of drug-likeness (QED) is 0.683. The van der Waals surface area contributed by atoms with Crippen molar-refractivity contribution in [3.8, 4) is 0 Å². The monoisotopic (exact) mass is 297 g/mol. The van der Waals surface area contributed by atoms with E-state index in [-0.39, 0.29) is 12.0 Å². The molecule has 1 aliphatic heterocycles. The summed E-state index contributed by atoms with van der Waals surface area (Å²) in [6.07, 6.45) is 7.90. The zero-order valence-corrected chi connectivity index (χ0v) is 13.4. The molecule has 1 heterocycles. The van der Waals surface area contributed by atoms with Gasteiger partial charge in [-0.25, -0.2) is 0 Å². The fourth-order valence-electron chi connectivity index (χ4n) is 3.52. The maximum absolute atomic E-state index is 11.9. The minimum Gasteiger partial charge on any atom is -0.392 e. The van der Waals surface area contributed by atoms with Gasteiger partial charge in [0.2, 0.25) is 5.91 Å². The fourth-order valence-corrected chi connectivity index (χ4v) is 3.52. The minimum atomic E-state index is -0.159. The fraction of sp³-hybridized carbons (Fsp3) is 0.938. The number of hydrogen-bond acceptors (Lipinski definition) is 4. The largest absolute Gasteiger partial charge is 0.392 e. The average molecular weight is 297 g/mol. The van der Waals surface area contributed by atoms with Crippen molar-refractivity contribution in [3.63, 3.8) is 0 Å². The Morgan fingerprint density at radius 2 is 2.05 bits per heavy atom. The van der Waals surface area contributed by atoms with Crippen molar-refractivity contribution in [3.05, 3.63) is 0 Å². The van der Waals surface area contributed by atoms with E-state index in [2.05, 4.69) is 22.2 Å². The van der Waals surface area contributed by atoms with Crippen LogP contribution >= 0.6 is 0 Å². The van der Waals surface area contributed by atoms with Crippen LogP contribution in [0, 0.1) is 0 Å². The van der Waals surface area contributed by atoms with E-state index in [4.69, 9.17) is 0 Å². The van der Waals surface area contributed by atoms with Crippen LogP contribution in [0.4, 0.5) is 0 Å². The number of nitrogens with one attached hydrogen (secondary N) is 1. The number of carbonyl (C=O) groups is 1. The smallest absolute Gasteiger partial charge is 0.234 e. The first-order valence-electron chi connectivity index (χ1n) is 8.52. The maximum Gasteiger partial charge on any atom is 0.234 e. The van der Waals surface area contributed by atoms with Gasteiger partial charge in [-0.05, 0) is 52.2 Å². The summed E-state index contributed by atoms with van der Waals surface area (Å²) in [6.45, 7) is 4.10. The van der Waals surface area contributed by atoms with E-state index in [9.17, 15) is 9.90 Å². The summed E-state index contributed by atoms with van der Waals surface area (Å²) in [5.74, 6) is 0.142. The van der Waals surface area contributed by atoms with Crippen LogP contribution in [0.25, 0.3) is 0 Å². The standard InChI is InChI=1S/C16H31N3O2/c1-18(14-6-2-3-7-14)13-16(21)17-9-5-11-19-10-4-8-15(20)12-19/h14-15,20H,2-13H2,1H3,(H,17,21)/t15-/m0/s1. The van der Waals surface area contributed by atoms with Crippen LogP contribution in [-0.2, 0) is 4.79 Å². The Kier molecular flexibility index (Phi) is 6.93. The molecule has 5 heteroatoms. The van der Waals surface area contributed by atoms with Gasteiger partial charge < -0.3 is 15.3 Å². The third kappa shape index (κ3) is 5.93. The summed E-state index contributed by atoms with van der Waals surface area (Å²) in [7, 11) is 2.06. The van der Waals surface area contributed by atoms with E-state index in [0.29, 0.717) is 12.6 Å². The topological polar surface area (TPSA) is 55.8 Å². The van der Waals surface area contributed by atoms with Crippen LogP contribution in [0.15, 0.2) is 0 Å². The van der Waals surface area contributed by atoms with E-state index in [1.54, 1.807) is 0 Å². The Morgan fingerprint density at radius 3 is 2.76 bits per heavy atom. The molecule has 122 valence electrons. The molecule has 2 rings (SSSR count). The van der Waals surface area contributed by atoms with Gasteiger partial charge >= 0.3 is 0 Å². The number of rotatable bonds is 7. The second-order valence-corrected chi connectivity index (χ2v) is 6.65. The molecule has 1 saturated carbocycles. The Bertz CT molecular complexity index is 319. The van der Waals surface area contributed by atoms with E-state index >= 15 is 0 Å². The molecule has 0 unspecified atom stereocenters. The van der Waals surface area contributed by atoms with E-state index in [0.717, 1.165) is 45.4 Å². The molecule has 1 atom stereocenters. The van der Waals surface area contributed by atoms with E-state index in [1.807, 2.05) is 0 Å². The van der Waals surface area contributed by atoms with Crippen LogP contribution in [0.5, 0.6) is 0 Å². The highest BCUT2D eigenvalue weighted by molar-refractivity contribution is 5.77. The average Bonchev–Trinajstić information content (AvgIpc) is 2.98. The summed E-state index contributed by atoms with van der Waals surface area (Å²) in [6, 6.07) is 0.602. The van der Waals surface area contributed by atoms with Crippen molar-refractivity contribution >= 4 is 5.91 Å². The van der Waals surface area contributed by atoms with Crippen molar-refractivity contribution in [2.75, 3.05) is 39.8 Å². The normalized spacial score (nSPS) is 24.6. The zero-order valence-electron chi connectivity index (χ0n) is 13.4. The summed E-state index contributed by atoms with van der Waals surface area (Å²) < 4.78 is 0. The molecule has 5 nitrogen and oxygen atoms in total. The first kappa shape index (κ1) is 16.7. The summed E-state index contributed by atoms with van der Waals surface area (Å²) >= 11 is 0. The molecule has 1 aliphatic carbocycles. The maximum atomic E-state index is 11.9. The van der Waals surface area contributed by atoms with Gasteiger partial charge in [0, 0.05) is 19.1 Å². The predicted molar refractivity (Wildman–Crippen MR) is 84.2 cm³/mol. The van der Waals surface area contributed by atoms with Crippen LogP contribution < -0.4 is 5.32 Å². The van der Waals surface area contributed by atoms with Gasteiger partial charge in [0.25, 0.3) is 0 Å². The molecule has 1 amide bonds. The molecule has 0 radical (unpaired) electrons. The molecule has 0 aromatic rings. The van der Waals surface area contributed by atoms with Crippen molar-refractivity contribution in [2.45, 2.75) is 57.1 Å². The third-order valence-corrected chi connectivity index (χ3v) is 4.79. The molecular formula is C16H31N3O2. The van der Waals surface area contributed by atoms with Crippen molar-refractivity contribution in [1.82, 2.24) is 15.1 Å². The van der Waals surface area contributed by atoms with Crippen LogP contribution in [0.2, 0.25) is 0 Å². The number of likely N-dealkylation sites (N-methyl/N-ethyl adjacent to an activating group) is 1. The van der Waals surface area contributed by atoms with Crippen LogP contribution in [0.3, 0.4) is 0 Å².